The van der Waals surface area contributed by atoms with Gasteiger partial charge in [-0.1, -0.05) is 30.3 Å². The van der Waals surface area contributed by atoms with Gasteiger partial charge in [0.05, 0.1) is 6.61 Å². The van der Waals surface area contributed by atoms with Crippen molar-refractivity contribution in [2.45, 2.75) is 19.6 Å². The molecule has 0 radical (unpaired) electrons. The third kappa shape index (κ3) is 3.73. The topological polar surface area (TPSA) is 32.3 Å². The molecule has 2 nitrogen and oxygen atoms in total. The van der Waals surface area contributed by atoms with Crippen molar-refractivity contribution in [1.29, 1.82) is 0 Å². The van der Waals surface area contributed by atoms with Gasteiger partial charge in [-0.2, -0.15) is 0 Å². The van der Waals surface area contributed by atoms with Gasteiger partial charge in [0.15, 0.2) is 0 Å². The summed E-state index contributed by atoms with van der Waals surface area (Å²) >= 11 is 0. The van der Waals surface area contributed by atoms with Crippen LogP contribution in [0, 0.1) is 0 Å². The van der Waals surface area contributed by atoms with E-state index < -0.39 is 0 Å². The number of rotatable bonds is 6. The molecule has 1 rings (SSSR count). The third-order valence-corrected chi connectivity index (χ3v) is 2.03. The van der Waals surface area contributed by atoms with Crippen LogP contribution >= 0.6 is 0 Å². The molecule has 0 unspecified atom stereocenters. The van der Waals surface area contributed by atoms with Crippen LogP contribution in [0.5, 0.6) is 0 Å². The molecule has 76 valence electrons. The fourth-order valence-electron chi connectivity index (χ4n) is 1.27. The van der Waals surface area contributed by atoms with Crippen LogP contribution in [0.2, 0.25) is 0 Å². The van der Waals surface area contributed by atoms with E-state index in [4.69, 9.17) is 5.11 Å². The summed E-state index contributed by atoms with van der Waals surface area (Å²) in [5.74, 6) is 0. The van der Waals surface area contributed by atoms with E-state index in [2.05, 4.69) is 18.0 Å². The van der Waals surface area contributed by atoms with Crippen molar-refractivity contribution in [3.05, 3.63) is 48.0 Å². The van der Waals surface area contributed by atoms with Gasteiger partial charge in [-0.25, -0.2) is 0 Å². The van der Waals surface area contributed by atoms with Crippen molar-refractivity contribution in [3.8, 4) is 0 Å². The number of benzene rings is 1. The molecule has 0 aliphatic carbocycles. The maximum atomic E-state index is 8.94. The number of aliphatic hydroxyl groups is 1. The monoisotopic (exact) mass is 191 g/mol. The number of hydrogen-bond donors (Lipinski definition) is 2. The molecule has 0 saturated carbocycles. The van der Waals surface area contributed by atoms with Crippen LogP contribution < -0.4 is 5.32 Å². The van der Waals surface area contributed by atoms with Gasteiger partial charge in [-0.15, -0.1) is 6.58 Å². The molecule has 0 saturated heterocycles. The lowest BCUT2D eigenvalue weighted by atomic mass is 10.1. The maximum absolute atomic E-state index is 8.94. The highest BCUT2D eigenvalue weighted by atomic mass is 16.3. The Hall–Kier alpha value is -1.12. The minimum Gasteiger partial charge on any atom is -0.392 e. The fourth-order valence-corrected chi connectivity index (χ4v) is 1.27. The maximum Gasteiger partial charge on any atom is 0.0681 e. The number of nitrogens with one attached hydrogen (secondary N) is 1. The van der Waals surface area contributed by atoms with E-state index in [0.29, 0.717) is 0 Å². The number of hydrogen-bond acceptors (Lipinski definition) is 2. The normalized spacial score (nSPS) is 10.1. The quantitative estimate of drug-likeness (QED) is 0.531. The summed E-state index contributed by atoms with van der Waals surface area (Å²) in [5, 5.41) is 12.2. The van der Waals surface area contributed by atoms with E-state index in [9.17, 15) is 0 Å². The van der Waals surface area contributed by atoms with Gasteiger partial charge >= 0.3 is 0 Å². The van der Waals surface area contributed by atoms with E-state index in [-0.39, 0.29) is 6.61 Å². The van der Waals surface area contributed by atoms with E-state index in [1.54, 1.807) is 0 Å². The highest BCUT2D eigenvalue weighted by molar-refractivity contribution is 5.22. The Kier molecular flexibility index (Phi) is 4.97. The molecule has 0 atom stereocenters. The molecular formula is C12H17NO. The summed E-state index contributed by atoms with van der Waals surface area (Å²) in [5.41, 5.74) is 2.17. The zero-order valence-electron chi connectivity index (χ0n) is 8.37. The van der Waals surface area contributed by atoms with Crippen molar-refractivity contribution in [1.82, 2.24) is 5.32 Å². The SMILES string of the molecule is C=CCCNCc1cccc(CO)c1. The molecule has 0 amide bonds. The lowest BCUT2D eigenvalue weighted by Gasteiger charge is -2.04. The standard InChI is InChI=1S/C12H17NO/c1-2-3-7-13-9-11-5-4-6-12(8-11)10-14/h2,4-6,8,13-14H,1,3,7,9-10H2. The average molecular weight is 191 g/mol. The van der Waals surface area contributed by atoms with Crippen LogP contribution in [-0.4, -0.2) is 11.7 Å². The zero-order valence-corrected chi connectivity index (χ0v) is 8.37. The van der Waals surface area contributed by atoms with Crippen LogP contribution in [0.25, 0.3) is 0 Å². The first-order chi connectivity index (χ1) is 6.86. The lowest BCUT2D eigenvalue weighted by molar-refractivity contribution is 0.281. The minimum atomic E-state index is 0.112. The molecule has 0 aromatic heterocycles. The second-order valence-electron chi connectivity index (χ2n) is 3.23. The van der Waals surface area contributed by atoms with Gasteiger partial charge in [-0.05, 0) is 24.1 Å². The second kappa shape index (κ2) is 6.35. The summed E-state index contributed by atoms with van der Waals surface area (Å²) < 4.78 is 0. The largest absolute Gasteiger partial charge is 0.392 e. The van der Waals surface area contributed by atoms with Gasteiger partial charge < -0.3 is 10.4 Å². The molecular weight excluding hydrogens is 174 g/mol. The molecule has 1 aromatic rings. The summed E-state index contributed by atoms with van der Waals surface area (Å²) in [6.45, 7) is 5.57. The zero-order chi connectivity index (χ0) is 10.2. The van der Waals surface area contributed by atoms with Gasteiger partial charge in [-0.3, -0.25) is 0 Å². The lowest BCUT2D eigenvalue weighted by Crippen LogP contribution is -2.14. The molecule has 0 aliphatic rings. The van der Waals surface area contributed by atoms with Crippen molar-refractivity contribution in [2.24, 2.45) is 0 Å². The van der Waals surface area contributed by atoms with Crippen LogP contribution in [0.1, 0.15) is 17.5 Å². The highest BCUT2D eigenvalue weighted by Crippen LogP contribution is 2.04. The fraction of sp³-hybridized carbons (Fsp3) is 0.333. The van der Waals surface area contributed by atoms with Crippen molar-refractivity contribution in [2.75, 3.05) is 6.54 Å². The van der Waals surface area contributed by atoms with E-state index in [0.717, 1.165) is 25.1 Å². The van der Waals surface area contributed by atoms with E-state index in [1.165, 1.54) is 5.56 Å². The Morgan fingerprint density at radius 2 is 2.14 bits per heavy atom. The Balaban J connectivity index is 2.38. The molecule has 0 heterocycles. The van der Waals surface area contributed by atoms with Crippen LogP contribution in [0.15, 0.2) is 36.9 Å². The van der Waals surface area contributed by atoms with Gasteiger partial charge in [0.2, 0.25) is 0 Å². The Bertz CT molecular complexity index is 283. The average Bonchev–Trinajstić information content (AvgIpc) is 2.25. The summed E-state index contributed by atoms with van der Waals surface area (Å²) in [6.07, 6.45) is 2.89. The van der Waals surface area contributed by atoms with Gasteiger partial charge in [0.25, 0.3) is 0 Å². The van der Waals surface area contributed by atoms with Crippen molar-refractivity contribution < 1.29 is 5.11 Å². The van der Waals surface area contributed by atoms with Crippen molar-refractivity contribution in [3.63, 3.8) is 0 Å². The molecule has 0 spiro atoms. The molecule has 14 heavy (non-hydrogen) atoms. The third-order valence-electron chi connectivity index (χ3n) is 2.03. The summed E-state index contributed by atoms with van der Waals surface area (Å²) in [4.78, 5) is 0. The molecule has 1 aromatic carbocycles. The predicted molar refractivity (Wildman–Crippen MR) is 58.9 cm³/mol. The van der Waals surface area contributed by atoms with Crippen LogP contribution in [0.4, 0.5) is 0 Å². The molecule has 2 heteroatoms. The number of aliphatic hydroxyl groups excluding tert-OH is 1. The predicted octanol–water partition coefficient (Wildman–Crippen LogP) is 1.84. The summed E-state index contributed by atoms with van der Waals surface area (Å²) in [7, 11) is 0. The first kappa shape index (κ1) is 11.0. The Morgan fingerprint density at radius 1 is 1.36 bits per heavy atom. The molecule has 0 aliphatic heterocycles. The second-order valence-corrected chi connectivity index (χ2v) is 3.23. The smallest absolute Gasteiger partial charge is 0.0681 e. The first-order valence-corrected chi connectivity index (χ1v) is 4.87. The molecule has 0 fully saturated rings. The van der Waals surface area contributed by atoms with Crippen molar-refractivity contribution >= 4 is 0 Å². The van der Waals surface area contributed by atoms with Gasteiger partial charge in [0.1, 0.15) is 0 Å². The highest BCUT2D eigenvalue weighted by Gasteiger charge is 1.93. The van der Waals surface area contributed by atoms with E-state index >= 15 is 0 Å². The minimum absolute atomic E-state index is 0.112. The first-order valence-electron chi connectivity index (χ1n) is 4.87. The Labute approximate surface area is 85.3 Å². The van der Waals surface area contributed by atoms with Crippen LogP contribution in [-0.2, 0) is 13.2 Å². The molecule has 0 bridgehead atoms. The van der Waals surface area contributed by atoms with E-state index in [1.807, 2.05) is 24.3 Å². The summed E-state index contributed by atoms with van der Waals surface area (Å²) in [6, 6.07) is 7.96. The van der Waals surface area contributed by atoms with Gasteiger partial charge in [0, 0.05) is 6.54 Å². The Morgan fingerprint density at radius 3 is 2.86 bits per heavy atom. The van der Waals surface area contributed by atoms with Crippen LogP contribution in [0.3, 0.4) is 0 Å². The molecule has 2 N–H and O–H groups in total.